The molecule has 0 spiro atoms. The Labute approximate surface area is 208 Å². The molecule has 5 atom stereocenters. The maximum atomic E-state index is 13.1. The van der Waals surface area contributed by atoms with E-state index in [-0.39, 0.29) is 33.9 Å². The molecule has 9 heteroatoms. The van der Waals surface area contributed by atoms with Crippen LogP contribution in [0.5, 0.6) is 0 Å². The van der Waals surface area contributed by atoms with Crippen LogP contribution in [-0.4, -0.2) is 69.1 Å². The highest BCUT2D eigenvalue weighted by Gasteiger charge is 2.66. The van der Waals surface area contributed by atoms with Gasteiger partial charge in [0.2, 0.25) is 5.91 Å². The van der Waals surface area contributed by atoms with Gasteiger partial charge >= 0.3 is 5.97 Å². The number of fused-ring (bicyclic) bond motifs is 1. The normalized spacial score (nSPS) is 27.0. The van der Waals surface area contributed by atoms with Gasteiger partial charge in [0.05, 0.1) is 18.1 Å². The lowest BCUT2D eigenvalue weighted by Gasteiger charge is -2.50. The van der Waals surface area contributed by atoms with Crippen LogP contribution in [0.25, 0.3) is 0 Å². The maximum absolute atomic E-state index is 13.1. The zero-order valence-corrected chi connectivity index (χ0v) is 25.2. The Balaban J connectivity index is 2.09. The lowest BCUT2D eigenvalue weighted by molar-refractivity contribution is -0.171. The predicted molar refractivity (Wildman–Crippen MR) is 139 cm³/mol. The van der Waals surface area contributed by atoms with Crippen LogP contribution in [0.4, 0.5) is 0 Å². The highest BCUT2D eigenvalue weighted by Crippen LogP contribution is 2.47. The van der Waals surface area contributed by atoms with E-state index < -0.39 is 40.5 Å². The van der Waals surface area contributed by atoms with Crippen molar-refractivity contribution in [1.82, 2.24) is 4.90 Å². The summed E-state index contributed by atoms with van der Waals surface area (Å²) in [6.07, 6.45) is 1.80. The van der Waals surface area contributed by atoms with Crippen LogP contribution in [0.1, 0.15) is 67.7 Å². The Morgan fingerprint density at radius 2 is 1.53 bits per heavy atom. The molecule has 0 bridgehead atoms. The Morgan fingerprint density at radius 1 is 1.00 bits per heavy atom. The van der Waals surface area contributed by atoms with E-state index in [0.29, 0.717) is 13.0 Å². The summed E-state index contributed by atoms with van der Waals surface area (Å²) in [6, 6.07) is -1.75. The minimum absolute atomic E-state index is 0.00756. The number of ketones is 1. The number of aliphatic carboxylic acids is 1. The van der Waals surface area contributed by atoms with Crippen LogP contribution >= 0.6 is 0 Å². The molecule has 34 heavy (non-hydrogen) atoms. The molecular formula is C25H47NO6Si2. The first-order chi connectivity index (χ1) is 15.2. The molecule has 2 aliphatic heterocycles. The van der Waals surface area contributed by atoms with Crippen molar-refractivity contribution >= 4 is 34.3 Å². The highest BCUT2D eigenvalue weighted by molar-refractivity contribution is 6.74. The number of β-lactam (4-membered cyclic amide) rings is 1. The van der Waals surface area contributed by atoms with E-state index in [0.717, 1.165) is 12.8 Å². The van der Waals surface area contributed by atoms with Gasteiger partial charge in [-0.3, -0.25) is 9.59 Å². The first-order valence-electron chi connectivity index (χ1n) is 12.6. The molecule has 1 unspecified atom stereocenters. The third kappa shape index (κ3) is 5.52. The number of hydrogen-bond acceptors (Lipinski definition) is 5. The van der Waals surface area contributed by atoms with Crippen LogP contribution in [0.3, 0.4) is 0 Å². The van der Waals surface area contributed by atoms with Gasteiger partial charge in [0.15, 0.2) is 28.5 Å². The van der Waals surface area contributed by atoms with E-state index in [1.165, 1.54) is 4.90 Å². The number of carbonyl (C=O) groups excluding carboxylic acids is 2. The van der Waals surface area contributed by atoms with Crippen molar-refractivity contribution in [2.45, 2.75) is 122 Å². The molecule has 196 valence electrons. The minimum atomic E-state index is -2.12. The Kier molecular flexibility index (Phi) is 8.40. The van der Waals surface area contributed by atoms with Crippen molar-refractivity contribution in [3.63, 3.8) is 0 Å². The molecule has 2 aliphatic rings. The number of hydrogen-bond donors (Lipinski definition) is 1. The van der Waals surface area contributed by atoms with Gasteiger partial charge in [0.25, 0.3) is 0 Å². The zero-order chi connectivity index (χ0) is 26.4. The lowest BCUT2D eigenvalue weighted by atomic mass is 9.77. The second kappa shape index (κ2) is 9.78. The Morgan fingerprint density at radius 3 is 2.00 bits per heavy atom. The Hall–Kier alpha value is -1.04. The van der Waals surface area contributed by atoms with E-state index in [1.807, 2.05) is 6.92 Å². The van der Waals surface area contributed by atoms with Gasteiger partial charge < -0.3 is 18.9 Å². The molecule has 2 saturated heterocycles. The molecule has 0 saturated carbocycles. The van der Waals surface area contributed by atoms with Crippen molar-refractivity contribution < 1.29 is 28.3 Å². The van der Waals surface area contributed by atoms with Gasteiger partial charge in [0, 0.05) is 12.5 Å². The fourth-order valence-corrected chi connectivity index (χ4v) is 7.08. The van der Waals surface area contributed by atoms with Crippen LogP contribution in [0, 0.1) is 11.8 Å². The van der Waals surface area contributed by atoms with Crippen LogP contribution in [-0.2, 0) is 23.2 Å². The molecule has 1 amide bonds. The summed E-state index contributed by atoms with van der Waals surface area (Å²) in [5.74, 6) is -2.75. The van der Waals surface area contributed by atoms with Crippen molar-refractivity contribution in [3.05, 3.63) is 0 Å². The van der Waals surface area contributed by atoms with Crippen molar-refractivity contribution in [1.29, 1.82) is 0 Å². The van der Waals surface area contributed by atoms with E-state index in [9.17, 15) is 19.5 Å². The monoisotopic (exact) mass is 513 g/mol. The zero-order valence-electron chi connectivity index (χ0n) is 23.2. The molecular weight excluding hydrogens is 466 g/mol. The van der Waals surface area contributed by atoms with Crippen LogP contribution in [0.2, 0.25) is 36.3 Å². The largest absolute Gasteiger partial charge is 0.479 e. The van der Waals surface area contributed by atoms with E-state index in [2.05, 4.69) is 67.7 Å². The summed E-state index contributed by atoms with van der Waals surface area (Å²) in [5.41, 5.74) is 0. The average molecular weight is 514 g/mol. The van der Waals surface area contributed by atoms with Crippen molar-refractivity contribution in [3.8, 4) is 0 Å². The molecule has 2 fully saturated rings. The topological polar surface area (TPSA) is 93.1 Å². The molecule has 1 N–H and O–H groups in total. The maximum Gasteiger partial charge on any atom is 0.334 e. The number of unbranched alkanes of at least 4 members (excludes halogenated alkanes) is 1. The predicted octanol–water partition coefficient (Wildman–Crippen LogP) is 5.07. The Bertz CT molecular complexity index is 798. The summed E-state index contributed by atoms with van der Waals surface area (Å²) in [7, 11) is -3.94. The first kappa shape index (κ1) is 29.2. The number of Topliss-reactive ketones (excluding diaryl/α,β-unsaturated/α-hetero) is 1. The first-order valence-corrected chi connectivity index (χ1v) is 18.5. The fourth-order valence-electron chi connectivity index (χ4n) is 4.56. The number of amides is 1. The number of rotatable bonds is 10. The molecule has 0 aliphatic carbocycles. The number of carbonyl (C=O) groups is 3. The fraction of sp³-hybridized carbons (Fsp3) is 0.880. The summed E-state index contributed by atoms with van der Waals surface area (Å²) in [5, 5.41) is 9.81. The van der Waals surface area contributed by atoms with Crippen molar-refractivity contribution in [2.24, 2.45) is 11.8 Å². The third-order valence-corrected chi connectivity index (χ3v) is 17.9. The summed E-state index contributed by atoms with van der Waals surface area (Å²) < 4.78 is 12.7. The summed E-state index contributed by atoms with van der Waals surface area (Å²) in [6.45, 7) is 24.3. The molecule has 7 nitrogen and oxygen atoms in total. The van der Waals surface area contributed by atoms with Gasteiger partial charge in [-0.1, -0.05) is 48.0 Å². The van der Waals surface area contributed by atoms with Gasteiger partial charge in [0.1, 0.15) is 0 Å². The van der Waals surface area contributed by atoms with Crippen LogP contribution in [0.15, 0.2) is 0 Å². The standard InChI is InChI=1S/C25H47NO6Si2/c1-16(32-34(10,11)25(5,6)7)18-19-17(21(27)20(23(29)30)26(19)22(18)28)14-12-13-15-31-33(8,9)24(2,3)4/h16-20H,12-15H2,1-11H3,(H,29,30)/t16-,17-,18-,19-,20?/m1/s1. The molecule has 0 aromatic heterocycles. The quantitative estimate of drug-likeness (QED) is 0.190. The van der Waals surface area contributed by atoms with E-state index >= 15 is 0 Å². The second-order valence-corrected chi connectivity index (χ2v) is 22.8. The molecule has 2 rings (SSSR count). The molecule has 0 aromatic carbocycles. The molecule has 0 radical (unpaired) electrons. The lowest BCUT2D eigenvalue weighted by Crippen LogP contribution is -2.67. The third-order valence-electron chi connectivity index (χ3n) is 8.76. The van der Waals surface area contributed by atoms with Gasteiger partial charge in [-0.2, -0.15) is 0 Å². The van der Waals surface area contributed by atoms with Gasteiger partial charge in [-0.05, 0) is 56.0 Å². The second-order valence-electron chi connectivity index (χ2n) is 13.2. The van der Waals surface area contributed by atoms with Crippen LogP contribution < -0.4 is 0 Å². The average Bonchev–Trinajstić information content (AvgIpc) is 2.88. The number of carboxylic acid groups (broad SMARTS) is 1. The number of carboxylic acids is 1. The highest BCUT2D eigenvalue weighted by atomic mass is 28.4. The molecule has 0 aromatic rings. The summed E-state index contributed by atoms with van der Waals surface area (Å²) in [4.78, 5) is 39.3. The van der Waals surface area contributed by atoms with E-state index in [4.69, 9.17) is 8.85 Å². The molecule has 2 heterocycles. The van der Waals surface area contributed by atoms with Gasteiger partial charge in [-0.15, -0.1) is 0 Å². The smallest absolute Gasteiger partial charge is 0.334 e. The minimum Gasteiger partial charge on any atom is -0.479 e. The van der Waals surface area contributed by atoms with Gasteiger partial charge in [-0.25, -0.2) is 4.79 Å². The van der Waals surface area contributed by atoms with Crippen molar-refractivity contribution in [2.75, 3.05) is 6.61 Å². The number of nitrogens with zero attached hydrogens (tertiary/aromatic N) is 1. The van der Waals surface area contributed by atoms with E-state index in [1.54, 1.807) is 0 Å². The summed E-state index contributed by atoms with van der Waals surface area (Å²) >= 11 is 0. The SMILES string of the molecule is C[C@@H](O[Si](C)(C)C(C)(C)C)[C@H]1C(=O)N2C(C(=O)O)C(=O)[C@H](CCCCO[Si](C)(C)C(C)(C)C)[C@H]12.